The van der Waals surface area contributed by atoms with E-state index in [1.54, 1.807) is 0 Å². The average Bonchev–Trinajstić information content (AvgIpc) is 2.88. The number of hydrogen-bond donors (Lipinski definition) is 2. The number of rotatable bonds is 4. The predicted molar refractivity (Wildman–Crippen MR) is 78.8 cm³/mol. The molecule has 0 spiro atoms. The molecule has 10 heteroatoms. The van der Waals surface area contributed by atoms with Crippen LogP contribution >= 0.6 is 29.0 Å². The van der Waals surface area contributed by atoms with E-state index in [0.29, 0.717) is 0 Å². The van der Waals surface area contributed by atoms with Crippen molar-refractivity contribution in [3.8, 4) is 5.88 Å². The smallest absolute Gasteiger partial charge is 0.416 e. The SMILES string of the molecule is O=C(NBr)c1cccc(C(F)(F)F)c1COc1ccn(S)n1. The third kappa shape index (κ3) is 3.74. The molecule has 2 aromatic rings. The molecule has 0 radical (unpaired) electrons. The molecule has 0 bridgehead atoms. The molecule has 1 aromatic heterocycles. The summed E-state index contributed by atoms with van der Waals surface area (Å²) in [5, 5.41) is 3.78. The standard InChI is InChI=1S/C12H9BrF3N3O2S/c13-17-11(20)7-2-1-3-9(12(14,15)16)8(7)6-21-10-4-5-19(22)18-10/h1-5,22H,6H2,(H,17,20). The first-order chi connectivity index (χ1) is 10.3. The van der Waals surface area contributed by atoms with Crippen LogP contribution in [0, 0.1) is 0 Å². The lowest BCUT2D eigenvalue weighted by atomic mass is 10.0. The van der Waals surface area contributed by atoms with Crippen molar-refractivity contribution in [1.82, 2.24) is 13.5 Å². The predicted octanol–water partition coefficient (Wildman–Crippen LogP) is 3.21. The third-order valence-corrected chi connectivity index (χ3v) is 3.31. The number of hydrogen-bond acceptors (Lipinski definition) is 4. The summed E-state index contributed by atoms with van der Waals surface area (Å²) in [6.45, 7) is -0.462. The van der Waals surface area contributed by atoms with Gasteiger partial charge >= 0.3 is 6.18 Å². The van der Waals surface area contributed by atoms with E-state index in [1.807, 2.05) is 0 Å². The highest BCUT2D eigenvalue weighted by molar-refractivity contribution is 9.08. The Morgan fingerprint density at radius 3 is 2.68 bits per heavy atom. The van der Waals surface area contributed by atoms with Crippen molar-refractivity contribution >= 4 is 34.9 Å². The molecule has 0 fully saturated rings. The molecular formula is C12H9BrF3N3O2S. The monoisotopic (exact) mass is 395 g/mol. The molecular weight excluding hydrogens is 387 g/mol. The molecule has 0 aliphatic carbocycles. The van der Waals surface area contributed by atoms with E-state index in [0.717, 1.165) is 16.2 Å². The van der Waals surface area contributed by atoms with E-state index in [4.69, 9.17) is 4.74 Å². The van der Waals surface area contributed by atoms with Crippen LogP contribution in [0.25, 0.3) is 0 Å². The normalized spacial score (nSPS) is 11.3. The van der Waals surface area contributed by atoms with Crippen molar-refractivity contribution in [3.63, 3.8) is 0 Å². The fourth-order valence-electron chi connectivity index (χ4n) is 1.79. The van der Waals surface area contributed by atoms with Gasteiger partial charge in [0, 0.05) is 39.5 Å². The largest absolute Gasteiger partial charge is 0.472 e. The molecule has 118 valence electrons. The molecule has 1 aromatic carbocycles. The molecule has 0 saturated heterocycles. The minimum atomic E-state index is -4.61. The highest BCUT2D eigenvalue weighted by atomic mass is 79.9. The van der Waals surface area contributed by atoms with Gasteiger partial charge in [0.15, 0.2) is 0 Å². The molecule has 1 N–H and O–H groups in total. The van der Waals surface area contributed by atoms with Crippen LogP contribution in [0.1, 0.15) is 21.5 Å². The number of thiol groups is 1. The van der Waals surface area contributed by atoms with Gasteiger partial charge in [-0.15, -0.1) is 5.10 Å². The van der Waals surface area contributed by atoms with Gasteiger partial charge in [-0.05, 0) is 24.9 Å². The molecule has 0 unspecified atom stereocenters. The topological polar surface area (TPSA) is 56.1 Å². The Labute approximate surface area is 137 Å². The van der Waals surface area contributed by atoms with Gasteiger partial charge < -0.3 is 4.74 Å². The Hall–Kier alpha value is -1.68. The number of alkyl halides is 3. The van der Waals surface area contributed by atoms with Crippen LogP contribution < -0.4 is 9.08 Å². The van der Waals surface area contributed by atoms with Gasteiger partial charge in [0.1, 0.15) is 6.61 Å². The lowest BCUT2D eigenvalue weighted by Crippen LogP contribution is -2.20. The summed E-state index contributed by atoms with van der Waals surface area (Å²) in [5.41, 5.74) is -1.36. The van der Waals surface area contributed by atoms with Crippen LogP contribution in [0.15, 0.2) is 30.5 Å². The number of halogens is 4. The van der Waals surface area contributed by atoms with Crippen molar-refractivity contribution in [1.29, 1.82) is 0 Å². The first-order valence-corrected chi connectivity index (χ1v) is 7.00. The van der Waals surface area contributed by atoms with Crippen molar-refractivity contribution in [2.45, 2.75) is 12.8 Å². The summed E-state index contributed by atoms with van der Waals surface area (Å²) >= 11 is 6.61. The van der Waals surface area contributed by atoms with Crippen LogP contribution in [-0.2, 0) is 12.8 Å². The molecule has 5 nitrogen and oxygen atoms in total. The van der Waals surface area contributed by atoms with Crippen LogP contribution in [0.2, 0.25) is 0 Å². The number of benzene rings is 1. The zero-order valence-corrected chi connectivity index (χ0v) is 13.2. The van der Waals surface area contributed by atoms with Gasteiger partial charge in [0.2, 0.25) is 5.88 Å². The number of aromatic nitrogens is 2. The summed E-state index contributed by atoms with van der Waals surface area (Å²) < 4.78 is 47.8. The van der Waals surface area contributed by atoms with Gasteiger partial charge in [-0.25, -0.2) is 4.09 Å². The number of ether oxygens (including phenoxy) is 1. The molecule has 0 aliphatic heterocycles. The van der Waals surface area contributed by atoms with Crippen molar-refractivity contribution in [3.05, 3.63) is 47.2 Å². The van der Waals surface area contributed by atoms with Gasteiger partial charge in [-0.1, -0.05) is 6.07 Å². The number of carbonyl (C=O) groups excluding carboxylic acids is 1. The number of nitrogens with zero attached hydrogens (tertiary/aromatic N) is 2. The van der Waals surface area contributed by atoms with E-state index in [9.17, 15) is 18.0 Å². The molecule has 0 aliphatic rings. The first kappa shape index (κ1) is 16.7. The maximum Gasteiger partial charge on any atom is 0.416 e. The van der Waals surface area contributed by atoms with Crippen LogP contribution in [0.4, 0.5) is 13.2 Å². The maximum absolute atomic E-state index is 13.1. The van der Waals surface area contributed by atoms with Crippen molar-refractivity contribution < 1.29 is 22.7 Å². The highest BCUT2D eigenvalue weighted by Gasteiger charge is 2.35. The third-order valence-electron chi connectivity index (χ3n) is 2.73. The average molecular weight is 396 g/mol. The Morgan fingerprint density at radius 2 is 2.14 bits per heavy atom. The first-order valence-electron chi connectivity index (χ1n) is 5.80. The Morgan fingerprint density at radius 1 is 1.41 bits per heavy atom. The fourth-order valence-corrected chi connectivity index (χ4v) is 2.16. The molecule has 1 amide bonds. The lowest BCUT2D eigenvalue weighted by molar-refractivity contribution is -0.138. The second kappa shape index (κ2) is 6.61. The van der Waals surface area contributed by atoms with Crippen LogP contribution in [0.3, 0.4) is 0 Å². The summed E-state index contributed by atoms with van der Waals surface area (Å²) in [4.78, 5) is 11.7. The van der Waals surface area contributed by atoms with Gasteiger partial charge in [0.05, 0.1) is 5.56 Å². The highest BCUT2D eigenvalue weighted by Crippen LogP contribution is 2.34. The Kier molecular flexibility index (Phi) is 5.01. The van der Waals surface area contributed by atoms with Crippen LogP contribution in [-0.4, -0.2) is 15.1 Å². The quantitative estimate of drug-likeness (QED) is 0.617. The van der Waals surface area contributed by atoms with E-state index in [1.165, 1.54) is 18.3 Å². The van der Waals surface area contributed by atoms with Crippen LogP contribution in [0.5, 0.6) is 5.88 Å². The maximum atomic E-state index is 13.1. The van der Waals surface area contributed by atoms with Gasteiger partial charge in [-0.2, -0.15) is 13.2 Å². The summed E-state index contributed by atoms with van der Waals surface area (Å²) in [7, 11) is 0. The molecule has 0 atom stereocenters. The zero-order valence-electron chi connectivity index (χ0n) is 10.8. The second-order valence-electron chi connectivity index (χ2n) is 4.12. The number of nitrogens with one attached hydrogen (secondary N) is 1. The molecule has 0 saturated carbocycles. The molecule has 2 rings (SSSR count). The van der Waals surface area contributed by atoms with Crippen molar-refractivity contribution in [2.24, 2.45) is 0 Å². The summed E-state index contributed by atoms with van der Waals surface area (Å²) in [5.74, 6) is -0.610. The second-order valence-corrected chi connectivity index (χ2v) is 4.92. The minimum Gasteiger partial charge on any atom is -0.472 e. The summed E-state index contributed by atoms with van der Waals surface area (Å²) in [6, 6.07) is 4.77. The summed E-state index contributed by atoms with van der Waals surface area (Å²) in [6.07, 6.45) is -3.15. The van der Waals surface area contributed by atoms with E-state index < -0.39 is 24.3 Å². The lowest BCUT2D eigenvalue weighted by Gasteiger charge is -2.16. The number of amides is 1. The van der Waals surface area contributed by atoms with E-state index in [-0.39, 0.29) is 17.0 Å². The number of carbonyl (C=O) groups is 1. The van der Waals surface area contributed by atoms with E-state index in [2.05, 4.69) is 38.4 Å². The van der Waals surface area contributed by atoms with Crippen molar-refractivity contribution in [2.75, 3.05) is 0 Å². The minimum absolute atomic E-state index is 0.0946. The molecule has 22 heavy (non-hydrogen) atoms. The van der Waals surface area contributed by atoms with E-state index >= 15 is 0 Å². The Bertz CT molecular complexity index is 690. The Balaban J connectivity index is 2.38. The zero-order chi connectivity index (χ0) is 16.3. The van der Waals surface area contributed by atoms with Gasteiger partial charge in [-0.3, -0.25) is 9.14 Å². The van der Waals surface area contributed by atoms with Gasteiger partial charge in [0.25, 0.3) is 5.91 Å². The fraction of sp³-hybridized carbons (Fsp3) is 0.167. The molecule has 1 heterocycles.